The topological polar surface area (TPSA) is 118 Å². The van der Waals surface area contributed by atoms with Gasteiger partial charge in [0.2, 0.25) is 0 Å². The van der Waals surface area contributed by atoms with E-state index in [-0.39, 0.29) is 5.82 Å². The van der Waals surface area contributed by atoms with E-state index in [0.717, 1.165) is 0 Å². The molecule has 15 heavy (non-hydrogen) atoms. The lowest BCUT2D eigenvalue weighted by molar-refractivity contribution is 0.0830. The molecule has 0 saturated heterocycles. The minimum Gasteiger partial charge on any atom is -0.394 e. The first kappa shape index (κ1) is 11.6. The predicted octanol–water partition coefficient (Wildman–Crippen LogP) is -2.10. The zero-order chi connectivity index (χ0) is 11.3. The summed E-state index contributed by atoms with van der Waals surface area (Å²) in [6.45, 7) is -1.55. The van der Waals surface area contributed by atoms with Gasteiger partial charge in [0.1, 0.15) is 5.54 Å². The molecule has 7 nitrogen and oxygen atoms in total. The quantitative estimate of drug-likeness (QED) is 0.384. The first-order chi connectivity index (χ1) is 7.17. The number of aliphatic hydroxyl groups is 3. The lowest BCUT2D eigenvalue weighted by Crippen LogP contribution is -2.50. The van der Waals surface area contributed by atoms with Crippen LogP contribution in [0.5, 0.6) is 0 Å². The zero-order valence-electron chi connectivity index (χ0n) is 7.97. The van der Waals surface area contributed by atoms with E-state index in [1.165, 1.54) is 12.4 Å². The highest BCUT2D eigenvalue weighted by Gasteiger charge is 2.28. The first-order valence-corrected chi connectivity index (χ1v) is 4.32. The second-order valence-corrected chi connectivity index (χ2v) is 3.15. The fraction of sp³-hybridized carbons (Fsp3) is 0.500. The number of rotatable bonds is 5. The number of aliphatic hydroxyl groups excluding tert-OH is 3. The monoisotopic (exact) mass is 215 g/mol. The maximum atomic E-state index is 11.2. The van der Waals surface area contributed by atoms with E-state index in [4.69, 9.17) is 15.3 Å². The summed E-state index contributed by atoms with van der Waals surface area (Å²) >= 11 is 0. The Morgan fingerprint density at radius 1 is 1.33 bits per heavy atom. The standard InChI is InChI=1S/C8H13N3O4/c12-3-8(4-13,5-14)11-6-7(15)10-2-1-9-6/h1-2,12-14H,3-5H2,(H,9,11)(H,10,15). The van der Waals surface area contributed by atoms with Crippen molar-refractivity contribution in [3.05, 3.63) is 22.7 Å². The molecular weight excluding hydrogens is 202 g/mol. The van der Waals surface area contributed by atoms with Crippen molar-refractivity contribution >= 4 is 5.82 Å². The summed E-state index contributed by atoms with van der Waals surface area (Å²) < 4.78 is 0. The molecule has 0 aromatic carbocycles. The summed E-state index contributed by atoms with van der Waals surface area (Å²) in [6, 6.07) is 0. The molecule has 0 unspecified atom stereocenters. The number of anilines is 1. The minimum absolute atomic E-state index is 0.0605. The third kappa shape index (κ3) is 2.52. The van der Waals surface area contributed by atoms with Crippen LogP contribution in [0.3, 0.4) is 0 Å². The van der Waals surface area contributed by atoms with Gasteiger partial charge in [-0.1, -0.05) is 0 Å². The number of H-pyrrole nitrogens is 1. The highest BCUT2D eigenvalue weighted by atomic mass is 16.3. The van der Waals surface area contributed by atoms with Crippen LogP contribution in [-0.2, 0) is 0 Å². The van der Waals surface area contributed by atoms with Gasteiger partial charge in [-0.25, -0.2) is 4.98 Å². The van der Waals surface area contributed by atoms with Gasteiger partial charge in [0.15, 0.2) is 5.82 Å². The average molecular weight is 215 g/mol. The van der Waals surface area contributed by atoms with E-state index < -0.39 is 30.9 Å². The number of hydrogen-bond donors (Lipinski definition) is 5. The normalized spacial score (nSPS) is 11.4. The number of aromatic amines is 1. The van der Waals surface area contributed by atoms with Crippen molar-refractivity contribution in [1.29, 1.82) is 0 Å². The summed E-state index contributed by atoms with van der Waals surface area (Å²) in [4.78, 5) is 17.3. The first-order valence-electron chi connectivity index (χ1n) is 4.32. The SMILES string of the molecule is O=c1[nH]ccnc1NC(CO)(CO)CO. The molecule has 0 spiro atoms. The van der Waals surface area contributed by atoms with E-state index in [9.17, 15) is 4.79 Å². The number of aromatic nitrogens is 2. The molecule has 0 amide bonds. The van der Waals surface area contributed by atoms with Gasteiger partial charge in [-0.3, -0.25) is 4.79 Å². The largest absolute Gasteiger partial charge is 0.394 e. The molecule has 0 aliphatic heterocycles. The van der Waals surface area contributed by atoms with E-state index in [0.29, 0.717) is 0 Å². The van der Waals surface area contributed by atoms with Gasteiger partial charge in [-0.2, -0.15) is 0 Å². The van der Waals surface area contributed by atoms with Gasteiger partial charge in [0.25, 0.3) is 5.56 Å². The van der Waals surface area contributed by atoms with Crippen molar-refractivity contribution < 1.29 is 15.3 Å². The van der Waals surface area contributed by atoms with Crippen molar-refractivity contribution in [2.75, 3.05) is 25.1 Å². The Morgan fingerprint density at radius 3 is 2.40 bits per heavy atom. The molecule has 7 heteroatoms. The Morgan fingerprint density at radius 2 is 1.93 bits per heavy atom. The van der Waals surface area contributed by atoms with Crippen molar-refractivity contribution in [2.45, 2.75) is 5.54 Å². The molecule has 1 heterocycles. The Labute approximate surface area is 85.4 Å². The van der Waals surface area contributed by atoms with E-state index >= 15 is 0 Å². The molecule has 1 aromatic heterocycles. The molecule has 0 saturated carbocycles. The Hall–Kier alpha value is -1.44. The van der Waals surface area contributed by atoms with Crippen LogP contribution in [0.25, 0.3) is 0 Å². The van der Waals surface area contributed by atoms with E-state index in [2.05, 4.69) is 15.3 Å². The fourth-order valence-electron chi connectivity index (χ4n) is 0.961. The smallest absolute Gasteiger partial charge is 0.290 e. The maximum absolute atomic E-state index is 11.2. The molecule has 1 aromatic rings. The Balaban J connectivity index is 2.93. The van der Waals surface area contributed by atoms with Crippen LogP contribution in [-0.4, -0.2) is 50.6 Å². The van der Waals surface area contributed by atoms with Crippen LogP contribution in [0.15, 0.2) is 17.2 Å². The summed E-state index contributed by atoms with van der Waals surface area (Å²) in [5.74, 6) is -0.0605. The molecule has 5 N–H and O–H groups in total. The fourth-order valence-corrected chi connectivity index (χ4v) is 0.961. The summed E-state index contributed by atoms with van der Waals surface area (Å²) in [7, 11) is 0. The number of nitrogens with zero attached hydrogens (tertiary/aromatic N) is 1. The third-order valence-corrected chi connectivity index (χ3v) is 2.00. The van der Waals surface area contributed by atoms with Gasteiger partial charge < -0.3 is 25.6 Å². The molecule has 84 valence electrons. The van der Waals surface area contributed by atoms with Gasteiger partial charge in [0, 0.05) is 12.4 Å². The zero-order valence-corrected chi connectivity index (χ0v) is 7.97. The molecule has 0 bridgehead atoms. The molecule has 0 aliphatic rings. The van der Waals surface area contributed by atoms with E-state index in [1.807, 2.05) is 0 Å². The summed E-state index contributed by atoms with van der Waals surface area (Å²) in [5, 5.41) is 29.5. The van der Waals surface area contributed by atoms with Crippen molar-refractivity contribution in [3.63, 3.8) is 0 Å². The highest BCUT2D eigenvalue weighted by molar-refractivity contribution is 5.34. The summed E-state index contributed by atoms with van der Waals surface area (Å²) in [6.07, 6.45) is 2.70. The lowest BCUT2D eigenvalue weighted by atomic mass is 10.0. The maximum Gasteiger partial charge on any atom is 0.290 e. The molecular formula is C8H13N3O4. The second-order valence-electron chi connectivity index (χ2n) is 3.15. The Bertz CT molecular complexity index is 353. The van der Waals surface area contributed by atoms with Gasteiger partial charge >= 0.3 is 0 Å². The highest BCUT2D eigenvalue weighted by Crippen LogP contribution is 2.08. The minimum atomic E-state index is -1.35. The Kier molecular flexibility index (Phi) is 3.78. The van der Waals surface area contributed by atoms with Gasteiger partial charge in [-0.15, -0.1) is 0 Å². The molecule has 0 aliphatic carbocycles. The number of hydrogen-bond acceptors (Lipinski definition) is 6. The third-order valence-electron chi connectivity index (χ3n) is 2.00. The van der Waals surface area contributed by atoms with Crippen molar-refractivity contribution in [2.24, 2.45) is 0 Å². The van der Waals surface area contributed by atoms with Crippen LogP contribution in [0.2, 0.25) is 0 Å². The molecule has 1 rings (SSSR count). The molecule has 0 fully saturated rings. The van der Waals surface area contributed by atoms with Crippen LogP contribution >= 0.6 is 0 Å². The summed E-state index contributed by atoms with van der Waals surface area (Å²) in [5.41, 5.74) is -1.83. The number of nitrogens with one attached hydrogen (secondary N) is 2. The van der Waals surface area contributed by atoms with E-state index in [1.54, 1.807) is 0 Å². The van der Waals surface area contributed by atoms with Crippen molar-refractivity contribution in [1.82, 2.24) is 9.97 Å². The average Bonchev–Trinajstić information content (AvgIpc) is 2.29. The van der Waals surface area contributed by atoms with Crippen LogP contribution in [0.4, 0.5) is 5.82 Å². The van der Waals surface area contributed by atoms with Crippen LogP contribution in [0, 0.1) is 0 Å². The van der Waals surface area contributed by atoms with Gasteiger partial charge in [0.05, 0.1) is 19.8 Å². The van der Waals surface area contributed by atoms with Crippen molar-refractivity contribution in [3.8, 4) is 0 Å². The van der Waals surface area contributed by atoms with Gasteiger partial charge in [-0.05, 0) is 0 Å². The predicted molar refractivity (Wildman–Crippen MR) is 52.5 cm³/mol. The lowest BCUT2D eigenvalue weighted by Gasteiger charge is -2.28. The second kappa shape index (κ2) is 4.87. The molecule has 0 radical (unpaired) electrons. The van der Waals surface area contributed by atoms with Crippen LogP contribution < -0.4 is 10.9 Å². The molecule has 0 atom stereocenters. The van der Waals surface area contributed by atoms with Crippen LogP contribution in [0.1, 0.15) is 0 Å².